The third kappa shape index (κ3) is 3.84. The molecule has 2 heterocycles. The van der Waals surface area contributed by atoms with Crippen LogP contribution in [0.1, 0.15) is 52.5 Å². The molecule has 1 N–H and O–H groups in total. The topological polar surface area (TPSA) is 62.6 Å². The minimum Gasteiger partial charge on any atom is -0.468 e. The van der Waals surface area contributed by atoms with Crippen molar-refractivity contribution in [2.75, 3.05) is 19.6 Å². The van der Waals surface area contributed by atoms with Gasteiger partial charge in [-0.3, -0.25) is 4.90 Å². The Bertz CT molecular complexity index is 882. The van der Waals surface area contributed by atoms with Gasteiger partial charge in [0.2, 0.25) is 10.0 Å². The van der Waals surface area contributed by atoms with E-state index in [2.05, 4.69) is 16.5 Å². The minimum atomic E-state index is -3.62. The van der Waals surface area contributed by atoms with Crippen LogP contribution in [0.5, 0.6) is 0 Å². The molecule has 1 unspecified atom stereocenters. The van der Waals surface area contributed by atoms with Crippen LogP contribution in [0.4, 0.5) is 0 Å². The maximum atomic E-state index is 13.2. The lowest BCUT2D eigenvalue weighted by Crippen LogP contribution is -2.37. The van der Waals surface area contributed by atoms with E-state index in [4.69, 9.17) is 4.42 Å². The molecule has 27 heavy (non-hydrogen) atoms. The first-order chi connectivity index (χ1) is 12.7. The first-order valence-electron chi connectivity index (χ1n) is 9.58. The number of nitrogens with one attached hydrogen (secondary N) is 1. The highest BCUT2D eigenvalue weighted by Crippen LogP contribution is 2.30. The van der Waals surface area contributed by atoms with Crippen molar-refractivity contribution in [1.82, 2.24) is 9.62 Å². The van der Waals surface area contributed by atoms with E-state index in [9.17, 15) is 8.42 Å². The molecule has 0 radical (unpaired) electrons. The lowest BCUT2D eigenvalue weighted by atomic mass is 9.95. The van der Waals surface area contributed by atoms with Crippen LogP contribution in [0, 0.1) is 34.6 Å². The molecular formula is C21H30N2O3S. The van der Waals surface area contributed by atoms with Gasteiger partial charge in [0.15, 0.2) is 0 Å². The third-order valence-electron chi connectivity index (χ3n) is 6.12. The quantitative estimate of drug-likeness (QED) is 0.812. The van der Waals surface area contributed by atoms with Crippen molar-refractivity contribution in [3.63, 3.8) is 0 Å². The average molecular weight is 391 g/mol. The average Bonchev–Trinajstić information content (AvgIpc) is 3.32. The van der Waals surface area contributed by atoms with Gasteiger partial charge in [-0.1, -0.05) is 0 Å². The maximum absolute atomic E-state index is 13.2. The SMILES string of the molecule is Cc1c(C)c(C)c(S(=O)(=O)NCC(c2ccco2)N2CCCC2)c(C)c1C. The number of benzene rings is 1. The van der Waals surface area contributed by atoms with Gasteiger partial charge in [-0.15, -0.1) is 0 Å². The molecule has 1 atom stereocenters. The molecule has 0 aliphatic carbocycles. The van der Waals surface area contributed by atoms with Crippen LogP contribution in [0.3, 0.4) is 0 Å². The number of sulfonamides is 1. The zero-order valence-corrected chi connectivity index (χ0v) is 17.7. The van der Waals surface area contributed by atoms with Crippen LogP contribution in [0.15, 0.2) is 27.7 Å². The molecule has 1 aromatic heterocycles. The summed E-state index contributed by atoms with van der Waals surface area (Å²) in [4.78, 5) is 2.72. The van der Waals surface area contributed by atoms with Gasteiger partial charge in [0.05, 0.1) is 17.2 Å². The van der Waals surface area contributed by atoms with Crippen molar-refractivity contribution in [2.24, 2.45) is 0 Å². The van der Waals surface area contributed by atoms with Crippen LogP contribution >= 0.6 is 0 Å². The highest BCUT2D eigenvalue weighted by molar-refractivity contribution is 7.89. The molecule has 0 saturated carbocycles. The van der Waals surface area contributed by atoms with Crippen LogP contribution in [-0.4, -0.2) is 33.0 Å². The highest BCUT2D eigenvalue weighted by Gasteiger charge is 2.29. The predicted molar refractivity (Wildman–Crippen MR) is 108 cm³/mol. The smallest absolute Gasteiger partial charge is 0.241 e. The molecule has 0 amide bonds. The summed E-state index contributed by atoms with van der Waals surface area (Å²) in [5.74, 6) is 0.810. The largest absolute Gasteiger partial charge is 0.468 e. The number of likely N-dealkylation sites (tertiary alicyclic amines) is 1. The zero-order chi connectivity index (χ0) is 19.8. The summed E-state index contributed by atoms with van der Waals surface area (Å²) >= 11 is 0. The van der Waals surface area contributed by atoms with Crippen LogP contribution < -0.4 is 4.72 Å². The Morgan fingerprint density at radius 1 is 1.00 bits per heavy atom. The van der Waals surface area contributed by atoms with Gasteiger partial charge in [-0.2, -0.15) is 0 Å². The highest BCUT2D eigenvalue weighted by atomic mass is 32.2. The van der Waals surface area contributed by atoms with Gasteiger partial charge in [-0.05, 0) is 100 Å². The molecule has 1 aromatic carbocycles. The normalized spacial score (nSPS) is 16.8. The molecule has 1 saturated heterocycles. The van der Waals surface area contributed by atoms with Gasteiger partial charge in [0, 0.05) is 6.54 Å². The van der Waals surface area contributed by atoms with Gasteiger partial charge < -0.3 is 4.42 Å². The molecule has 5 nitrogen and oxygen atoms in total. The Morgan fingerprint density at radius 2 is 1.56 bits per heavy atom. The Kier molecular flexibility index (Phi) is 5.79. The van der Waals surface area contributed by atoms with E-state index in [0.29, 0.717) is 11.4 Å². The molecular weight excluding hydrogens is 360 g/mol. The molecule has 1 aliphatic rings. The van der Waals surface area contributed by atoms with Gasteiger partial charge >= 0.3 is 0 Å². The maximum Gasteiger partial charge on any atom is 0.241 e. The second-order valence-corrected chi connectivity index (χ2v) is 9.28. The zero-order valence-electron chi connectivity index (χ0n) is 16.9. The first-order valence-corrected chi connectivity index (χ1v) is 11.1. The third-order valence-corrected chi connectivity index (χ3v) is 7.82. The fraction of sp³-hybridized carbons (Fsp3) is 0.524. The van der Waals surface area contributed by atoms with Crippen molar-refractivity contribution in [2.45, 2.75) is 58.4 Å². The summed E-state index contributed by atoms with van der Waals surface area (Å²) in [5.41, 5.74) is 4.91. The van der Waals surface area contributed by atoms with Crippen molar-refractivity contribution >= 4 is 10.0 Å². The first kappa shape index (κ1) is 20.1. The Morgan fingerprint density at radius 3 is 2.07 bits per heavy atom. The Labute approximate surface area is 162 Å². The van der Waals surface area contributed by atoms with Crippen LogP contribution in [0.2, 0.25) is 0 Å². The van der Waals surface area contributed by atoms with Gasteiger partial charge in [0.25, 0.3) is 0 Å². The lowest BCUT2D eigenvalue weighted by Gasteiger charge is -2.26. The van der Waals surface area contributed by atoms with Crippen molar-refractivity contribution in [3.8, 4) is 0 Å². The number of hydrogen-bond acceptors (Lipinski definition) is 4. The summed E-state index contributed by atoms with van der Waals surface area (Å²) in [6.07, 6.45) is 3.92. The number of nitrogens with zero attached hydrogens (tertiary/aromatic N) is 1. The second-order valence-electron chi connectivity index (χ2n) is 7.58. The van der Waals surface area contributed by atoms with Crippen LogP contribution in [0.25, 0.3) is 0 Å². The van der Waals surface area contributed by atoms with E-state index in [0.717, 1.165) is 59.5 Å². The molecule has 2 aromatic rings. The van der Waals surface area contributed by atoms with E-state index in [-0.39, 0.29) is 6.04 Å². The molecule has 0 spiro atoms. The summed E-state index contributed by atoms with van der Waals surface area (Å²) in [6.45, 7) is 12.1. The van der Waals surface area contributed by atoms with E-state index < -0.39 is 10.0 Å². The predicted octanol–water partition coefficient (Wildman–Crippen LogP) is 3.94. The molecule has 0 bridgehead atoms. The van der Waals surface area contributed by atoms with E-state index in [1.165, 1.54) is 0 Å². The second kappa shape index (κ2) is 7.78. The van der Waals surface area contributed by atoms with Crippen molar-refractivity contribution < 1.29 is 12.8 Å². The van der Waals surface area contributed by atoms with E-state index in [1.54, 1.807) is 6.26 Å². The minimum absolute atomic E-state index is 0.0782. The van der Waals surface area contributed by atoms with Crippen LogP contribution in [-0.2, 0) is 10.0 Å². The summed E-state index contributed by atoms with van der Waals surface area (Å²) in [5, 5.41) is 0. The number of furan rings is 1. The summed E-state index contributed by atoms with van der Waals surface area (Å²) in [6, 6.07) is 3.70. The Hall–Kier alpha value is -1.63. The molecule has 148 valence electrons. The van der Waals surface area contributed by atoms with Gasteiger partial charge in [-0.25, -0.2) is 13.1 Å². The standard InChI is InChI=1S/C21H30N2O3S/c1-14-15(2)17(4)21(18(5)16(14)3)27(24,25)22-13-19(20-9-8-12-26-20)23-10-6-7-11-23/h8-9,12,19,22H,6-7,10-11,13H2,1-5H3. The van der Waals surface area contributed by atoms with Gasteiger partial charge in [0.1, 0.15) is 5.76 Å². The monoisotopic (exact) mass is 390 g/mol. The molecule has 1 fully saturated rings. The Balaban J connectivity index is 1.90. The molecule has 1 aliphatic heterocycles. The fourth-order valence-corrected chi connectivity index (χ4v) is 5.71. The van der Waals surface area contributed by atoms with E-state index >= 15 is 0 Å². The summed E-state index contributed by atoms with van der Waals surface area (Å²) in [7, 11) is -3.62. The van der Waals surface area contributed by atoms with Crippen molar-refractivity contribution in [1.29, 1.82) is 0 Å². The fourth-order valence-electron chi connectivity index (χ4n) is 4.07. The molecule has 6 heteroatoms. The number of hydrogen-bond donors (Lipinski definition) is 1. The summed E-state index contributed by atoms with van der Waals surface area (Å²) < 4.78 is 34.9. The molecule has 3 rings (SSSR count). The lowest BCUT2D eigenvalue weighted by molar-refractivity contribution is 0.216. The van der Waals surface area contributed by atoms with E-state index in [1.807, 2.05) is 39.8 Å². The number of rotatable bonds is 6. The van der Waals surface area contributed by atoms with Crippen molar-refractivity contribution in [3.05, 3.63) is 52.0 Å².